The SMILES string of the molecule is CC(C)OP(=O)([O-])OC[C@H]1OC[C@H](O)[C@@H]1OP(=O)([O-])OCCCCNC(=O)Cc1cnc2c(CCO)cccc2c1-c1ccccc1. The Balaban J connectivity index is 1.26. The molecule has 0 saturated carbocycles. The van der Waals surface area contributed by atoms with Crippen LogP contribution in [-0.4, -0.2) is 78.5 Å². The summed E-state index contributed by atoms with van der Waals surface area (Å²) in [4.78, 5) is 41.8. The number of phosphoric ester groups is 2. The van der Waals surface area contributed by atoms with E-state index in [1.165, 1.54) is 13.8 Å². The van der Waals surface area contributed by atoms with E-state index in [0.29, 0.717) is 12.8 Å². The highest BCUT2D eigenvalue weighted by Crippen LogP contribution is 2.44. The number of benzene rings is 2. The predicted octanol–water partition coefficient (Wildman–Crippen LogP) is 2.42. The van der Waals surface area contributed by atoms with Crippen LogP contribution >= 0.6 is 15.6 Å². The van der Waals surface area contributed by atoms with E-state index >= 15 is 0 Å². The van der Waals surface area contributed by atoms with Crippen LogP contribution in [0.1, 0.15) is 37.8 Å². The van der Waals surface area contributed by atoms with Crippen molar-refractivity contribution in [1.29, 1.82) is 0 Å². The molecule has 2 unspecified atom stereocenters. The fourth-order valence-electron chi connectivity index (χ4n) is 5.17. The molecule has 1 amide bonds. The molecule has 1 aliphatic rings. The Bertz CT molecular complexity index is 1570. The molecule has 0 aliphatic carbocycles. The van der Waals surface area contributed by atoms with E-state index in [1.54, 1.807) is 6.20 Å². The number of aliphatic hydroxyl groups is 2. The van der Waals surface area contributed by atoms with Crippen molar-refractivity contribution in [2.45, 2.75) is 63.9 Å². The molecule has 3 aromatic rings. The first-order valence-corrected chi connectivity index (χ1v) is 18.2. The average molecular weight is 695 g/mol. The van der Waals surface area contributed by atoms with Crippen LogP contribution in [-0.2, 0) is 49.6 Å². The number of pyridine rings is 1. The van der Waals surface area contributed by atoms with E-state index in [1.807, 2.05) is 48.5 Å². The summed E-state index contributed by atoms with van der Waals surface area (Å²) in [5, 5.41) is 23.3. The fraction of sp³-hybridized carbons (Fsp3) is 0.484. The summed E-state index contributed by atoms with van der Waals surface area (Å²) in [6.45, 7) is 2.08. The number of para-hydroxylation sites is 1. The Kier molecular flexibility index (Phi) is 13.6. The molecule has 1 saturated heterocycles. The summed E-state index contributed by atoms with van der Waals surface area (Å²) in [7, 11) is -9.58. The number of aliphatic hydroxyl groups excluding tert-OH is 2. The van der Waals surface area contributed by atoms with Crippen molar-refractivity contribution in [2.24, 2.45) is 0 Å². The van der Waals surface area contributed by atoms with Crippen molar-refractivity contribution in [1.82, 2.24) is 10.3 Å². The Morgan fingerprint density at radius 1 is 1.06 bits per heavy atom. The van der Waals surface area contributed by atoms with Crippen molar-refractivity contribution in [2.75, 3.05) is 33.0 Å². The standard InChI is InChI=1S/C31H42N2O12P2/c1-21(2)44-47(39,40)43-20-27-31(26(35)19-41-27)45-46(37,38)42-16-7-6-14-32-28(36)17-24-18-33-30-23(13-15-34)11-8-12-25(30)29(24)22-9-4-3-5-10-22/h3-5,8-12,18,21,26-27,31,34-35H,6-7,13-17,19-20H2,1-2H3,(H,32,36)(H,37,38)(H,39,40)/p-2/t26-,27+,31-/m0/s1. The molecule has 47 heavy (non-hydrogen) atoms. The van der Waals surface area contributed by atoms with Crippen molar-refractivity contribution in [3.8, 4) is 11.1 Å². The number of aromatic nitrogens is 1. The molecule has 3 N–H and O–H groups in total. The normalized spacial score (nSPS) is 20.7. The van der Waals surface area contributed by atoms with Crippen molar-refractivity contribution in [3.05, 3.63) is 65.9 Å². The highest BCUT2D eigenvalue weighted by molar-refractivity contribution is 7.46. The topological polar surface area (TPSA) is 209 Å². The number of hydrogen-bond donors (Lipinski definition) is 3. The molecule has 1 fully saturated rings. The molecular formula is C31H40N2O12P2-2. The van der Waals surface area contributed by atoms with Gasteiger partial charge in [-0.05, 0) is 55.4 Å². The second kappa shape index (κ2) is 17.2. The molecule has 16 heteroatoms. The number of carbonyl (C=O) groups is 1. The molecular weight excluding hydrogens is 654 g/mol. The number of rotatable bonds is 18. The zero-order chi connectivity index (χ0) is 34.0. The van der Waals surface area contributed by atoms with E-state index in [2.05, 4.69) is 14.8 Å². The molecule has 0 bridgehead atoms. The summed E-state index contributed by atoms with van der Waals surface area (Å²) < 4.78 is 48.8. The maximum atomic E-state index is 12.9. The second-order valence-corrected chi connectivity index (χ2v) is 14.0. The lowest BCUT2D eigenvalue weighted by atomic mass is 9.93. The lowest BCUT2D eigenvalue weighted by Crippen LogP contribution is -2.37. The minimum atomic E-state index is -4.91. The number of amides is 1. The molecule has 4 rings (SSSR count). The number of ether oxygens (including phenoxy) is 1. The van der Waals surface area contributed by atoms with Gasteiger partial charge in [-0.15, -0.1) is 0 Å². The minimum absolute atomic E-state index is 0.00605. The van der Waals surface area contributed by atoms with Gasteiger partial charge in [-0.25, -0.2) is 0 Å². The molecule has 258 valence electrons. The third kappa shape index (κ3) is 11.0. The van der Waals surface area contributed by atoms with Crippen LogP contribution in [0.25, 0.3) is 22.0 Å². The van der Waals surface area contributed by atoms with Crippen LogP contribution in [0.2, 0.25) is 0 Å². The molecule has 0 radical (unpaired) electrons. The van der Waals surface area contributed by atoms with Gasteiger partial charge >= 0.3 is 0 Å². The summed E-state index contributed by atoms with van der Waals surface area (Å²) in [6, 6.07) is 15.5. The third-order valence-corrected chi connectivity index (χ3v) is 9.36. The van der Waals surface area contributed by atoms with Gasteiger partial charge in [0, 0.05) is 24.7 Å². The van der Waals surface area contributed by atoms with Crippen molar-refractivity contribution >= 4 is 32.5 Å². The van der Waals surface area contributed by atoms with E-state index in [-0.39, 0.29) is 45.1 Å². The largest absolute Gasteiger partial charge is 0.756 e. The summed E-state index contributed by atoms with van der Waals surface area (Å²) in [6.07, 6.45) is -1.78. The van der Waals surface area contributed by atoms with E-state index in [0.717, 1.165) is 33.2 Å². The summed E-state index contributed by atoms with van der Waals surface area (Å²) >= 11 is 0. The van der Waals surface area contributed by atoms with Gasteiger partial charge in [-0.2, -0.15) is 0 Å². The average Bonchev–Trinajstić information content (AvgIpc) is 3.35. The molecule has 0 spiro atoms. The van der Waals surface area contributed by atoms with Gasteiger partial charge in [-0.1, -0.05) is 48.5 Å². The number of nitrogens with zero attached hydrogens (tertiary/aromatic N) is 1. The second-order valence-electron chi connectivity index (χ2n) is 11.2. The Morgan fingerprint density at radius 2 is 1.83 bits per heavy atom. The third-order valence-electron chi connectivity index (χ3n) is 7.21. The number of nitrogens with one attached hydrogen (secondary N) is 1. The highest BCUT2D eigenvalue weighted by Gasteiger charge is 2.40. The highest BCUT2D eigenvalue weighted by atomic mass is 31.2. The first-order chi connectivity index (χ1) is 22.4. The number of hydrogen-bond acceptors (Lipinski definition) is 13. The van der Waals surface area contributed by atoms with Crippen molar-refractivity contribution in [3.63, 3.8) is 0 Å². The van der Waals surface area contributed by atoms with Crippen LogP contribution < -0.4 is 15.1 Å². The maximum Gasteiger partial charge on any atom is 0.268 e. The van der Waals surface area contributed by atoms with Gasteiger partial charge in [0.25, 0.3) is 15.6 Å². The first-order valence-electron chi connectivity index (χ1n) is 15.3. The van der Waals surface area contributed by atoms with E-state index in [9.17, 15) is 33.9 Å². The maximum absolute atomic E-state index is 12.9. The van der Waals surface area contributed by atoms with E-state index in [4.69, 9.17) is 18.3 Å². The predicted molar refractivity (Wildman–Crippen MR) is 168 cm³/mol. The zero-order valence-electron chi connectivity index (χ0n) is 26.2. The van der Waals surface area contributed by atoms with E-state index < -0.39 is 46.7 Å². The van der Waals surface area contributed by atoms with Gasteiger partial charge in [0.2, 0.25) is 5.91 Å². The van der Waals surface area contributed by atoms with Gasteiger partial charge in [0.15, 0.2) is 0 Å². The van der Waals surface area contributed by atoms with Crippen LogP contribution in [0.15, 0.2) is 54.7 Å². The van der Waals surface area contributed by atoms with Crippen LogP contribution in [0.4, 0.5) is 0 Å². The first kappa shape index (κ1) is 37.2. The van der Waals surface area contributed by atoms with Crippen LogP contribution in [0, 0.1) is 0 Å². The number of fused-ring (bicyclic) bond motifs is 1. The Labute approximate surface area is 273 Å². The van der Waals surface area contributed by atoms with Gasteiger partial charge < -0.3 is 48.1 Å². The summed E-state index contributed by atoms with van der Waals surface area (Å²) in [5.41, 5.74) is 4.25. The monoisotopic (exact) mass is 694 g/mol. The fourth-order valence-corrected chi connectivity index (χ4v) is 7.06. The van der Waals surface area contributed by atoms with Crippen molar-refractivity contribution < 1.29 is 56.8 Å². The zero-order valence-corrected chi connectivity index (χ0v) is 28.0. The van der Waals surface area contributed by atoms with Gasteiger partial charge in [0.1, 0.15) is 18.3 Å². The molecule has 2 aromatic carbocycles. The number of phosphoric acid groups is 2. The van der Waals surface area contributed by atoms with Gasteiger partial charge in [0.05, 0.1) is 37.9 Å². The molecule has 1 aromatic heterocycles. The Morgan fingerprint density at radius 3 is 2.55 bits per heavy atom. The molecule has 14 nitrogen and oxygen atoms in total. The van der Waals surface area contributed by atoms with Gasteiger partial charge in [-0.3, -0.25) is 18.9 Å². The van der Waals surface area contributed by atoms with Crippen LogP contribution in [0.3, 0.4) is 0 Å². The number of carbonyl (C=O) groups excluding carboxylic acids is 1. The smallest absolute Gasteiger partial charge is 0.268 e. The lowest BCUT2D eigenvalue weighted by Gasteiger charge is -2.31. The molecule has 5 atom stereocenters. The molecule has 2 heterocycles. The van der Waals surface area contributed by atoms with Crippen LogP contribution in [0.5, 0.6) is 0 Å². The minimum Gasteiger partial charge on any atom is -0.756 e. The summed E-state index contributed by atoms with van der Waals surface area (Å²) in [5.74, 6) is -0.238. The quantitative estimate of drug-likeness (QED) is 0.129. The lowest BCUT2D eigenvalue weighted by molar-refractivity contribution is -0.236. The Hall–Kier alpha value is -2.58. The molecule has 1 aliphatic heterocycles. The number of unbranched alkanes of at least 4 members (excludes halogenated alkanes) is 1.